The van der Waals surface area contributed by atoms with Gasteiger partial charge in [-0.1, -0.05) is 65.9 Å². The molecular weight excluding hydrogens is 404 g/mol. The Morgan fingerprint density at radius 1 is 0.903 bits per heavy atom. The number of esters is 1. The SMILES string of the molecule is Cc1ccc(Sc2nc3ccccc3cc2C=C2N=C(c3ccccc3)OC2=O)cc1. The number of pyridine rings is 1. The number of benzene rings is 3. The minimum Gasteiger partial charge on any atom is -0.402 e. The van der Waals surface area contributed by atoms with Crippen molar-refractivity contribution in [2.45, 2.75) is 16.8 Å². The van der Waals surface area contributed by atoms with Gasteiger partial charge in [0.1, 0.15) is 5.03 Å². The Labute approximate surface area is 184 Å². The van der Waals surface area contributed by atoms with E-state index in [1.165, 1.54) is 5.56 Å². The van der Waals surface area contributed by atoms with Gasteiger partial charge in [-0.25, -0.2) is 14.8 Å². The van der Waals surface area contributed by atoms with Crippen molar-refractivity contribution in [1.29, 1.82) is 0 Å². The number of para-hydroxylation sites is 1. The van der Waals surface area contributed by atoms with Crippen LogP contribution in [0.2, 0.25) is 0 Å². The summed E-state index contributed by atoms with van der Waals surface area (Å²) in [5.41, 5.74) is 3.97. The van der Waals surface area contributed by atoms with E-state index in [1.54, 1.807) is 17.8 Å². The lowest BCUT2D eigenvalue weighted by molar-refractivity contribution is -0.129. The number of nitrogens with zero attached hydrogens (tertiary/aromatic N) is 2. The molecule has 0 saturated heterocycles. The van der Waals surface area contributed by atoms with Gasteiger partial charge in [-0.05, 0) is 49.4 Å². The number of rotatable bonds is 4. The monoisotopic (exact) mass is 422 g/mol. The fourth-order valence-electron chi connectivity index (χ4n) is 3.28. The van der Waals surface area contributed by atoms with Crippen LogP contribution >= 0.6 is 11.8 Å². The molecule has 0 unspecified atom stereocenters. The van der Waals surface area contributed by atoms with Crippen LogP contribution in [0.15, 0.2) is 106 Å². The van der Waals surface area contributed by atoms with E-state index >= 15 is 0 Å². The number of aryl methyl sites for hydroxylation is 1. The van der Waals surface area contributed by atoms with E-state index in [0.29, 0.717) is 5.90 Å². The van der Waals surface area contributed by atoms with E-state index < -0.39 is 5.97 Å². The molecule has 0 fully saturated rings. The first-order valence-corrected chi connectivity index (χ1v) is 10.7. The number of hydrogen-bond acceptors (Lipinski definition) is 5. The quantitative estimate of drug-likeness (QED) is 0.297. The lowest BCUT2D eigenvalue weighted by Gasteiger charge is -2.08. The van der Waals surface area contributed by atoms with Gasteiger partial charge in [0.2, 0.25) is 5.90 Å². The summed E-state index contributed by atoms with van der Waals surface area (Å²) in [6, 6.07) is 27.7. The second kappa shape index (κ2) is 8.20. The van der Waals surface area contributed by atoms with Crippen LogP contribution in [0.1, 0.15) is 16.7 Å². The number of aliphatic imine (C=N–C) groups is 1. The lowest BCUT2D eigenvalue weighted by Crippen LogP contribution is -2.05. The zero-order chi connectivity index (χ0) is 21.2. The highest BCUT2D eigenvalue weighted by molar-refractivity contribution is 7.99. The zero-order valence-electron chi connectivity index (χ0n) is 16.8. The Morgan fingerprint density at radius 3 is 2.45 bits per heavy atom. The van der Waals surface area contributed by atoms with Crippen LogP contribution in [-0.4, -0.2) is 16.9 Å². The molecule has 0 amide bonds. The van der Waals surface area contributed by atoms with Crippen molar-refractivity contribution in [2.75, 3.05) is 0 Å². The molecule has 150 valence electrons. The number of hydrogen-bond donors (Lipinski definition) is 0. The zero-order valence-corrected chi connectivity index (χ0v) is 17.6. The van der Waals surface area contributed by atoms with Crippen LogP contribution in [0.25, 0.3) is 17.0 Å². The molecule has 0 radical (unpaired) electrons. The number of aromatic nitrogens is 1. The molecule has 0 spiro atoms. The maximum atomic E-state index is 12.5. The summed E-state index contributed by atoms with van der Waals surface area (Å²) in [6.45, 7) is 2.06. The van der Waals surface area contributed by atoms with Crippen LogP contribution in [0.3, 0.4) is 0 Å². The van der Waals surface area contributed by atoms with Gasteiger partial charge in [0.15, 0.2) is 5.70 Å². The Hall–Kier alpha value is -3.70. The number of cyclic esters (lactones) is 1. The highest BCUT2D eigenvalue weighted by atomic mass is 32.2. The first-order chi connectivity index (χ1) is 15.2. The van der Waals surface area contributed by atoms with Gasteiger partial charge in [-0.3, -0.25) is 0 Å². The number of fused-ring (bicyclic) bond motifs is 1. The van der Waals surface area contributed by atoms with Crippen LogP contribution in [0.4, 0.5) is 0 Å². The summed E-state index contributed by atoms with van der Waals surface area (Å²) < 4.78 is 5.41. The van der Waals surface area contributed by atoms with Gasteiger partial charge in [0.25, 0.3) is 0 Å². The molecule has 4 nitrogen and oxygen atoms in total. The molecule has 31 heavy (non-hydrogen) atoms. The van der Waals surface area contributed by atoms with Gasteiger partial charge >= 0.3 is 5.97 Å². The predicted molar refractivity (Wildman–Crippen MR) is 124 cm³/mol. The van der Waals surface area contributed by atoms with E-state index in [-0.39, 0.29) is 5.70 Å². The van der Waals surface area contributed by atoms with E-state index in [4.69, 9.17) is 9.72 Å². The Bertz CT molecular complexity index is 1340. The minimum atomic E-state index is -0.460. The summed E-state index contributed by atoms with van der Waals surface area (Å²) in [4.78, 5) is 22.9. The predicted octanol–water partition coefficient (Wildman–Crippen LogP) is 6.04. The van der Waals surface area contributed by atoms with Crippen LogP contribution < -0.4 is 0 Å². The molecule has 4 aromatic rings. The highest BCUT2D eigenvalue weighted by Gasteiger charge is 2.24. The van der Waals surface area contributed by atoms with Crippen molar-refractivity contribution in [2.24, 2.45) is 4.99 Å². The number of carbonyl (C=O) groups is 1. The van der Waals surface area contributed by atoms with E-state index in [1.807, 2.05) is 60.7 Å². The molecule has 0 saturated carbocycles. The third-order valence-corrected chi connectivity index (χ3v) is 5.91. The Balaban J connectivity index is 1.58. The number of carbonyl (C=O) groups excluding carboxylic acids is 1. The molecule has 0 N–H and O–H groups in total. The normalized spacial score (nSPS) is 14.7. The molecule has 2 heterocycles. The first-order valence-electron chi connectivity index (χ1n) is 9.88. The van der Waals surface area contributed by atoms with Gasteiger partial charge in [0.05, 0.1) is 5.52 Å². The van der Waals surface area contributed by atoms with Crippen molar-refractivity contribution in [1.82, 2.24) is 4.98 Å². The van der Waals surface area contributed by atoms with E-state index in [0.717, 1.165) is 32.0 Å². The third-order valence-electron chi connectivity index (χ3n) is 4.89. The average molecular weight is 423 g/mol. The summed E-state index contributed by atoms with van der Waals surface area (Å²) in [5.74, 6) is -0.142. The van der Waals surface area contributed by atoms with E-state index in [9.17, 15) is 4.79 Å². The van der Waals surface area contributed by atoms with Gasteiger partial charge in [0, 0.05) is 21.4 Å². The topological polar surface area (TPSA) is 51.6 Å². The summed E-state index contributed by atoms with van der Waals surface area (Å²) >= 11 is 1.56. The average Bonchev–Trinajstić information content (AvgIpc) is 3.16. The highest BCUT2D eigenvalue weighted by Crippen LogP contribution is 2.33. The molecule has 5 heteroatoms. The molecule has 5 rings (SSSR count). The fourth-order valence-corrected chi connectivity index (χ4v) is 4.15. The van der Waals surface area contributed by atoms with Crippen molar-refractivity contribution < 1.29 is 9.53 Å². The molecular formula is C26H18N2O2S. The maximum absolute atomic E-state index is 12.5. The van der Waals surface area contributed by atoms with Gasteiger partial charge < -0.3 is 4.74 Å². The Kier molecular flexibility index (Phi) is 5.10. The van der Waals surface area contributed by atoms with Gasteiger partial charge in [-0.15, -0.1) is 0 Å². The van der Waals surface area contributed by atoms with E-state index in [2.05, 4.69) is 36.2 Å². The molecule has 0 aliphatic carbocycles. The maximum Gasteiger partial charge on any atom is 0.363 e. The molecule has 0 bridgehead atoms. The van der Waals surface area contributed by atoms with Crippen molar-refractivity contribution >= 4 is 40.6 Å². The smallest absolute Gasteiger partial charge is 0.363 e. The first kappa shape index (κ1) is 19.3. The van der Waals surface area contributed by atoms with Crippen LogP contribution in [-0.2, 0) is 9.53 Å². The second-order valence-electron chi connectivity index (χ2n) is 7.19. The number of ether oxygens (including phenoxy) is 1. The summed E-state index contributed by atoms with van der Waals surface area (Å²) in [6.07, 6.45) is 1.76. The van der Waals surface area contributed by atoms with Crippen molar-refractivity contribution in [3.05, 3.63) is 107 Å². The van der Waals surface area contributed by atoms with Crippen LogP contribution in [0.5, 0.6) is 0 Å². The van der Waals surface area contributed by atoms with Gasteiger partial charge in [-0.2, -0.15) is 0 Å². The second-order valence-corrected chi connectivity index (χ2v) is 8.25. The van der Waals surface area contributed by atoms with Crippen molar-refractivity contribution in [3.8, 4) is 0 Å². The summed E-state index contributed by atoms with van der Waals surface area (Å²) in [7, 11) is 0. The molecule has 0 atom stereocenters. The van der Waals surface area contributed by atoms with Crippen LogP contribution in [0, 0.1) is 6.92 Å². The molecule has 1 aromatic heterocycles. The fraction of sp³-hybridized carbons (Fsp3) is 0.0385. The van der Waals surface area contributed by atoms with Crippen molar-refractivity contribution in [3.63, 3.8) is 0 Å². The standard InChI is InChI=1S/C26H18N2O2S/c1-17-11-13-21(14-12-17)31-25-20(15-19-9-5-6-10-22(19)28-25)16-23-26(29)30-24(27-23)18-7-3-2-4-8-18/h2-16H,1H3. The Morgan fingerprint density at radius 2 is 1.65 bits per heavy atom. The largest absolute Gasteiger partial charge is 0.402 e. The third kappa shape index (κ3) is 4.13. The lowest BCUT2D eigenvalue weighted by atomic mass is 10.1. The molecule has 1 aliphatic rings. The summed E-state index contributed by atoms with van der Waals surface area (Å²) in [5, 5.41) is 1.81. The molecule has 1 aliphatic heterocycles. The molecule has 3 aromatic carbocycles. The minimum absolute atomic E-state index is 0.265.